The van der Waals surface area contributed by atoms with Crippen molar-refractivity contribution in [1.82, 2.24) is 14.9 Å². The molecular weight excluding hydrogens is 270 g/mol. The molecular formula is C11H18BrN3O. The molecule has 1 aromatic heterocycles. The lowest BCUT2D eigenvalue weighted by atomic mass is 10.3. The molecule has 90 valence electrons. The van der Waals surface area contributed by atoms with Gasteiger partial charge in [0.15, 0.2) is 0 Å². The molecule has 1 aromatic rings. The molecule has 0 saturated heterocycles. The zero-order valence-electron chi connectivity index (χ0n) is 10.2. The van der Waals surface area contributed by atoms with E-state index in [0.717, 1.165) is 22.4 Å². The maximum atomic E-state index is 11.7. The molecule has 0 amide bonds. The van der Waals surface area contributed by atoms with Crippen molar-refractivity contribution >= 4 is 15.9 Å². The van der Waals surface area contributed by atoms with Crippen molar-refractivity contribution in [2.24, 2.45) is 0 Å². The third-order valence-electron chi connectivity index (χ3n) is 2.42. The van der Waals surface area contributed by atoms with Crippen LogP contribution in [0.5, 0.6) is 0 Å². The Morgan fingerprint density at radius 1 is 1.44 bits per heavy atom. The summed E-state index contributed by atoms with van der Waals surface area (Å²) in [6, 6.07) is 0.429. The van der Waals surface area contributed by atoms with Gasteiger partial charge in [0.05, 0.1) is 10.2 Å². The van der Waals surface area contributed by atoms with Crippen LogP contribution in [0.4, 0.5) is 0 Å². The predicted octanol–water partition coefficient (Wildman–Crippen LogP) is 1.62. The molecule has 0 aromatic carbocycles. The lowest BCUT2D eigenvalue weighted by Crippen LogP contribution is -2.33. The highest BCUT2D eigenvalue weighted by atomic mass is 79.9. The van der Waals surface area contributed by atoms with Crippen LogP contribution >= 0.6 is 15.9 Å². The van der Waals surface area contributed by atoms with Crippen LogP contribution in [0, 0.1) is 13.8 Å². The maximum absolute atomic E-state index is 11.7. The number of aryl methyl sites for hydroxylation is 1. The van der Waals surface area contributed by atoms with Crippen molar-refractivity contribution in [2.45, 2.75) is 40.3 Å². The molecule has 0 aliphatic carbocycles. The fraction of sp³-hybridized carbons (Fsp3) is 0.636. The average molecular weight is 288 g/mol. The zero-order chi connectivity index (χ0) is 12.3. The molecule has 0 aliphatic heterocycles. The van der Waals surface area contributed by atoms with Crippen LogP contribution in [0.25, 0.3) is 0 Å². The van der Waals surface area contributed by atoms with Crippen LogP contribution in [0.15, 0.2) is 9.27 Å². The zero-order valence-corrected chi connectivity index (χ0v) is 11.8. The molecule has 0 radical (unpaired) electrons. The predicted molar refractivity (Wildman–Crippen MR) is 68.8 cm³/mol. The van der Waals surface area contributed by atoms with Gasteiger partial charge in [-0.1, -0.05) is 13.8 Å². The Kier molecular flexibility index (Phi) is 4.68. The third kappa shape index (κ3) is 3.15. The van der Waals surface area contributed by atoms with Gasteiger partial charge in [0.2, 0.25) is 0 Å². The molecule has 1 heterocycles. The topological polar surface area (TPSA) is 46.9 Å². The highest BCUT2D eigenvalue weighted by Gasteiger charge is 2.08. The van der Waals surface area contributed by atoms with Gasteiger partial charge < -0.3 is 5.32 Å². The summed E-state index contributed by atoms with van der Waals surface area (Å²) >= 11 is 3.44. The number of nitrogens with one attached hydrogen (secondary N) is 1. The van der Waals surface area contributed by atoms with Gasteiger partial charge in [-0.15, -0.1) is 0 Å². The highest BCUT2D eigenvalue weighted by Crippen LogP contribution is 2.16. The van der Waals surface area contributed by atoms with Crippen LogP contribution in [0.2, 0.25) is 0 Å². The van der Waals surface area contributed by atoms with E-state index in [1.165, 1.54) is 0 Å². The quantitative estimate of drug-likeness (QED) is 0.916. The standard InChI is InChI=1S/C11H18BrN3O/c1-7(2)13-5-6-15-9(4)10(12)8(3)14-11(15)16/h7,13H,5-6H2,1-4H3. The molecule has 1 N–H and O–H groups in total. The molecule has 4 nitrogen and oxygen atoms in total. The summed E-state index contributed by atoms with van der Waals surface area (Å²) in [5.41, 5.74) is 1.50. The molecule has 0 unspecified atom stereocenters. The van der Waals surface area contributed by atoms with Gasteiger partial charge in [0.25, 0.3) is 0 Å². The maximum Gasteiger partial charge on any atom is 0.348 e. The summed E-state index contributed by atoms with van der Waals surface area (Å²) in [6.07, 6.45) is 0. The van der Waals surface area contributed by atoms with E-state index in [1.807, 2.05) is 13.8 Å². The summed E-state index contributed by atoms with van der Waals surface area (Å²) < 4.78 is 2.60. The van der Waals surface area contributed by atoms with E-state index in [4.69, 9.17) is 0 Å². The molecule has 0 saturated carbocycles. The van der Waals surface area contributed by atoms with E-state index in [0.29, 0.717) is 12.6 Å². The van der Waals surface area contributed by atoms with E-state index >= 15 is 0 Å². The Bertz CT molecular complexity index is 426. The minimum atomic E-state index is -0.177. The fourth-order valence-electron chi connectivity index (χ4n) is 1.51. The molecule has 0 aliphatic rings. The Labute approximate surface area is 104 Å². The molecule has 0 spiro atoms. The number of nitrogens with zero attached hydrogens (tertiary/aromatic N) is 2. The molecule has 0 fully saturated rings. The van der Waals surface area contributed by atoms with Gasteiger partial charge in [-0.2, -0.15) is 4.98 Å². The number of aromatic nitrogens is 2. The molecule has 1 rings (SSSR count). The Morgan fingerprint density at radius 2 is 2.06 bits per heavy atom. The van der Waals surface area contributed by atoms with Crippen LogP contribution in [0.1, 0.15) is 25.2 Å². The molecule has 0 atom stereocenters. The second kappa shape index (κ2) is 5.59. The summed E-state index contributed by atoms with van der Waals surface area (Å²) in [6.45, 7) is 9.34. The van der Waals surface area contributed by atoms with E-state index < -0.39 is 0 Å². The van der Waals surface area contributed by atoms with Crippen LogP contribution in [-0.4, -0.2) is 22.1 Å². The van der Waals surface area contributed by atoms with E-state index in [2.05, 4.69) is 40.1 Å². The number of hydrogen-bond donors (Lipinski definition) is 1. The van der Waals surface area contributed by atoms with Crippen molar-refractivity contribution < 1.29 is 0 Å². The lowest BCUT2D eigenvalue weighted by molar-refractivity contribution is 0.520. The molecule has 0 bridgehead atoms. The smallest absolute Gasteiger partial charge is 0.313 e. The fourth-order valence-corrected chi connectivity index (χ4v) is 1.81. The number of rotatable bonds is 4. The van der Waals surface area contributed by atoms with Gasteiger partial charge in [-0.3, -0.25) is 4.57 Å². The monoisotopic (exact) mass is 287 g/mol. The first-order valence-electron chi connectivity index (χ1n) is 5.40. The van der Waals surface area contributed by atoms with Crippen molar-refractivity contribution in [1.29, 1.82) is 0 Å². The van der Waals surface area contributed by atoms with E-state index in [9.17, 15) is 4.79 Å². The third-order valence-corrected chi connectivity index (χ3v) is 3.57. The van der Waals surface area contributed by atoms with Crippen molar-refractivity contribution in [2.75, 3.05) is 6.54 Å². The van der Waals surface area contributed by atoms with Crippen molar-refractivity contribution in [3.8, 4) is 0 Å². The van der Waals surface area contributed by atoms with Gasteiger partial charge in [0.1, 0.15) is 0 Å². The Balaban J connectivity index is 2.88. The second-order valence-electron chi connectivity index (χ2n) is 4.14. The second-order valence-corrected chi connectivity index (χ2v) is 4.93. The van der Waals surface area contributed by atoms with Crippen LogP contribution in [0.3, 0.4) is 0 Å². The van der Waals surface area contributed by atoms with Gasteiger partial charge in [-0.25, -0.2) is 4.79 Å². The van der Waals surface area contributed by atoms with E-state index in [-0.39, 0.29) is 5.69 Å². The van der Waals surface area contributed by atoms with Crippen molar-refractivity contribution in [3.63, 3.8) is 0 Å². The first-order chi connectivity index (χ1) is 7.43. The SMILES string of the molecule is Cc1nc(=O)n(CCNC(C)C)c(C)c1Br. The Hall–Kier alpha value is -0.680. The summed E-state index contributed by atoms with van der Waals surface area (Å²) in [5, 5.41) is 3.28. The lowest BCUT2D eigenvalue weighted by Gasteiger charge is -2.13. The van der Waals surface area contributed by atoms with Gasteiger partial charge in [-0.05, 0) is 29.8 Å². The summed E-state index contributed by atoms with van der Waals surface area (Å²) in [7, 11) is 0. The minimum absolute atomic E-state index is 0.177. The first kappa shape index (κ1) is 13.4. The number of hydrogen-bond acceptors (Lipinski definition) is 3. The highest BCUT2D eigenvalue weighted by molar-refractivity contribution is 9.10. The normalized spacial score (nSPS) is 11.1. The van der Waals surface area contributed by atoms with Crippen LogP contribution in [-0.2, 0) is 6.54 Å². The summed E-state index contributed by atoms with van der Waals surface area (Å²) in [4.78, 5) is 15.7. The van der Waals surface area contributed by atoms with E-state index in [1.54, 1.807) is 4.57 Å². The Morgan fingerprint density at radius 3 is 2.62 bits per heavy atom. The summed E-state index contributed by atoms with van der Waals surface area (Å²) in [5.74, 6) is 0. The number of halogens is 1. The molecule has 5 heteroatoms. The minimum Gasteiger partial charge on any atom is -0.313 e. The first-order valence-corrected chi connectivity index (χ1v) is 6.19. The van der Waals surface area contributed by atoms with Gasteiger partial charge >= 0.3 is 5.69 Å². The van der Waals surface area contributed by atoms with Crippen molar-refractivity contribution in [3.05, 3.63) is 26.3 Å². The van der Waals surface area contributed by atoms with Gasteiger partial charge in [0, 0.05) is 24.8 Å². The largest absolute Gasteiger partial charge is 0.348 e. The van der Waals surface area contributed by atoms with Crippen LogP contribution < -0.4 is 11.0 Å². The average Bonchev–Trinajstić information content (AvgIpc) is 2.19. The molecule has 16 heavy (non-hydrogen) atoms.